The number of halogens is 1. The molecule has 0 unspecified atom stereocenters. The van der Waals surface area contributed by atoms with Gasteiger partial charge in [-0.15, -0.1) is 0 Å². The van der Waals surface area contributed by atoms with Crippen molar-refractivity contribution in [2.24, 2.45) is 0 Å². The molecule has 0 atom stereocenters. The smallest absolute Gasteiger partial charge is 0.0720 e. The van der Waals surface area contributed by atoms with Gasteiger partial charge in [-0.05, 0) is 37.6 Å². The number of aromatic nitrogens is 2. The van der Waals surface area contributed by atoms with Crippen LogP contribution in [0.25, 0.3) is 11.3 Å². The summed E-state index contributed by atoms with van der Waals surface area (Å²) in [5, 5.41) is 0.703. The second-order valence-electron chi connectivity index (χ2n) is 3.43. The Bertz CT molecular complexity index is 495. The molecule has 15 heavy (non-hydrogen) atoms. The van der Waals surface area contributed by atoms with Crippen LogP contribution >= 0.6 is 11.6 Å². The van der Waals surface area contributed by atoms with E-state index in [0.29, 0.717) is 5.02 Å². The van der Waals surface area contributed by atoms with E-state index in [1.165, 1.54) is 0 Å². The Morgan fingerprint density at radius 1 is 1.07 bits per heavy atom. The van der Waals surface area contributed by atoms with Gasteiger partial charge in [-0.1, -0.05) is 11.6 Å². The van der Waals surface area contributed by atoms with Crippen molar-refractivity contribution < 1.29 is 0 Å². The molecule has 0 aliphatic carbocycles. The molecule has 0 amide bonds. The van der Waals surface area contributed by atoms with E-state index in [0.717, 1.165) is 22.5 Å². The lowest BCUT2D eigenvalue weighted by Crippen LogP contribution is -1.92. The van der Waals surface area contributed by atoms with E-state index >= 15 is 0 Å². The Morgan fingerprint density at radius 2 is 1.80 bits per heavy atom. The van der Waals surface area contributed by atoms with Gasteiger partial charge >= 0.3 is 0 Å². The van der Waals surface area contributed by atoms with E-state index in [1.54, 1.807) is 18.5 Å². The van der Waals surface area contributed by atoms with Crippen LogP contribution in [0.5, 0.6) is 0 Å². The fraction of sp³-hybridized carbons (Fsp3) is 0.167. The summed E-state index contributed by atoms with van der Waals surface area (Å²) in [6.45, 7) is 4.03. The van der Waals surface area contributed by atoms with Crippen LogP contribution in [0.2, 0.25) is 5.02 Å². The van der Waals surface area contributed by atoms with Gasteiger partial charge in [0.2, 0.25) is 0 Å². The van der Waals surface area contributed by atoms with Crippen LogP contribution in [-0.4, -0.2) is 9.97 Å². The molecule has 2 aromatic heterocycles. The van der Waals surface area contributed by atoms with E-state index in [1.807, 2.05) is 26.0 Å². The second kappa shape index (κ2) is 3.99. The Kier molecular flexibility index (Phi) is 2.69. The minimum atomic E-state index is 0.703. The fourth-order valence-electron chi connectivity index (χ4n) is 1.47. The molecule has 2 nitrogen and oxygen atoms in total. The average Bonchev–Trinajstić information content (AvgIpc) is 2.22. The third kappa shape index (κ3) is 2.00. The normalized spacial score (nSPS) is 10.3. The monoisotopic (exact) mass is 218 g/mol. The third-order valence-electron chi connectivity index (χ3n) is 2.45. The first kappa shape index (κ1) is 10.1. The second-order valence-corrected chi connectivity index (χ2v) is 3.86. The number of pyridine rings is 2. The summed E-state index contributed by atoms with van der Waals surface area (Å²) in [6, 6.07) is 5.60. The molecule has 76 valence electrons. The van der Waals surface area contributed by atoms with Gasteiger partial charge in [-0.25, -0.2) is 0 Å². The lowest BCUT2D eigenvalue weighted by Gasteiger charge is -2.06. The van der Waals surface area contributed by atoms with Crippen molar-refractivity contribution in [3.8, 4) is 11.3 Å². The molecule has 2 rings (SSSR count). The minimum Gasteiger partial charge on any atom is -0.261 e. The maximum Gasteiger partial charge on any atom is 0.0720 e. The summed E-state index contributed by atoms with van der Waals surface area (Å²) in [4.78, 5) is 8.53. The number of aryl methyl sites for hydroxylation is 1. The van der Waals surface area contributed by atoms with Crippen molar-refractivity contribution in [2.45, 2.75) is 13.8 Å². The van der Waals surface area contributed by atoms with Crippen molar-refractivity contribution in [2.75, 3.05) is 0 Å². The summed E-state index contributed by atoms with van der Waals surface area (Å²) in [7, 11) is 0. The number of hydrogen-bond acceptors (Lipinski definition) is 2. The molecule has 0 radical (unpaired) electrons. The predicted molar refractivity (Wildman–Crippen MR) is 62.0 cm³/mol. The quantitative estimate of drug-likeness (QED) is 0.733. The van der Waals surface area contributed by atoms with Gasteiger partial charge in [0, 0.05) is 28.7 Å². The summed E-state index contributed by atoms with van der Waals surface area (Å²) in [6.07, 6.45) is 3.51. The van der Waals surface area contributed by atoms with Crippen molar-refractivity contribution in [3.63, 3.8) is 0 Å². The van der Waals surface area contributed by atoms with Gasteiger partial charge in [-0.3, -0.25) is 9.97 Å². The first-order chi connectivity index (χ1) is 7.18. The molecule has 0 aromatic carbocycles. The predicted octanol–water partition coefficient (Wildman–Crippen LogP) is 3.41. The van der Waals surface area contributed by atoms with E-state index in [2.05, 4.69) is 9.97 Å². The SMILES string of the molecule is Cc1nccc(-c2cc(Cl)ccn2)c1C. The van der Waals surface area contributed by atoms with Crippen LogP contribution in [-0.2, 0) is 0 Å². The first-order valence-electron chi connectivity index (χ1n) is 4.72. The zero-order valence-corrected chi connectivity index (χ0v) is 9.42. The number of hydrogen-bond donors (Lipinski definition) is 0. The van der Waals surface area contributed by atoms with Crippen molar-refractivity contribution >= 4 is 11.6 Å². The zero-order valence-electron chi connectivity index (χ0n) is 8.66. The molecule has 0 aliphatic heterocycles. The lowest BCUT2D eigenvalue weighted by atomic mass is 10.1. The fourth-order valence-corrected chi connectivity index (χ4v) is 1.63. The maximum atomic E-state index is 5.93. The van der Waals surface area contributed by atoms with Crippen molar-refractivity contribution in [1.29, 1.82) is 0 Å². The van der Waals surface area contributed by atoms with Crippen molar-refractivity contribution in [1.82, 2.24) is 9.97 Å². The van der Waals surface area contributed by atoms with Crippen LogP contribution in [0.1, 0.15) is 11.3 Å². The van der Waals surface area contributed by atoms with Crippen LogP contribution in [0.3, 0.4) is 0 Å². The zero-order chi connectivity index (χ0) is 10.8. The van der Waals surface area contributed by atoms with Gasteiger partial charge in [0.25, 0.3) is 0 Å². The topological polar surface area (TPSA) is 25.8 Å². The maximum absolute atomic E-state index is 5.93. The molecule has 0 N–H and O–H groups in total. The average molecular weight is 219 g/mol. The summed E-state index contributed by atoms with van der Waals surface area (Å²) < 4.78 is 0. The molecule has 0 saturated heterocycles. The highest BCUT2D eigenvalue weighted by Gasteiger charge is 2.05. The number of nitrogens with zero attached hydrogens (tertiary/aromatic N) is 2. The van der Waals surface area contributed by atoms with E-state index in [-0.39, 0.29) is 0 Å². The van der Waals surface area contributed by atoms with Crippen LogP contribution in [0.15, 0.2) is 30.6 Å². The molecule has 0 aliphatic rings. The van der Waals surface area contributed by atoms with Gasteiger partial charge in [0.05, 0.1) is 5.69 Å². The molecular formula is C12H11ClN2. The van der Waals surface area contributed by atoms with Gasteiger partial charge < -0.3 is 0 Å². The molecule has 2 aromatic rings. The summed E-state index contributed by atoms with van der Waals surface area (Å²) in [5.41, 5.74) is 4.15. The Morgan fingerprint density at radius 3 is 2.53 bits per heavy atom. The molecular weight excluding hydrogens is 208 g/mol. The molecule has 0 spiro atoms. The molecule has 0 saturated carbocycles. The highest BCUT2D eigenvalue weighted by Crippen LogP contribution is 2.24. The Balaban J connectivity index is 2.59. The van der Waals surface area contributed by atoms with Gasteiger partial charge in [-0.2, -0.15) is 0 Å². The van der Waals surface area contributed by atoms with Crippen LogP contribution < -0.4 is 0 Å². The standard InChI is InChI=1S/C12H11ClN2/c1-8-9(2)14-6-4-11(8)12-7-10(13)3-5-15-12/h3-7H,1-2H3. The van der Waals surface area contributed by atoms with E-state index in [4.69, 9.17) is 11.6 Å². The molecule has 2 heterocycles. The number of rotatable bonds is 1. The van der Waals surface area contributed by atoms with Gasteiger partial charge in [0.1, 0.15) is 0 Å². The Hall–Kier alpha value is -1.41. The highest BCUT2D eigenvalue weighted by molar-refractivity contribution is 6.30. The lowest BCUT2D eigenvalue weighted by molar-refractivity contribution is 1.14. The highest BCUT2D eigenvalue weighted by atomic mass is 35.5. The first-order valence-corrected chi connectivity index (χ1v) is 5.10. The minimum absolute atomic E-state index is 0.703. The third-order valence-corrected chi connectivity index (χ3v) is 2.69. The van der Waals surface area contributed by atoms with Crippen molar-refractivity contribution in [3.05, 3.63) is 46.9 Å². The largest absolute Gasteiger partial charge is 0.261 e. The van der Waals surface area contributed by atoms with Crippen LogP contribution in [0.4, 0.5) is 0 Å². The molecule has 0 fully saturated rings. The van der Waals surface area contributed by atoms with Crippen LogP contribution in [0, 0.1) is 13.8 Å². The van der Waals surface area contributed by atoms with Gasteiger partial charge in [0.15, 0.2) is 0 Å². The molecule has 0 bridgehead atoms. The molecule has 3 heteroatoms. The summed E-state index contributed by atoms with van der Waals surface area (Å²) >= 11 is 5.93. The van der Waals surface area contributed by atoms with E-state index in [9.17, 15) is 0 Å². The summed E-state index contributed by atoms with van der Waals surface area (Å²) in [5.74, 6) is 0. The van der Waals surface area contributed by atoms with E-state index < -0.39 is 0 Å². The Labute approximate surface area is 94.0 Å².